The molecular weight excluding hydrogens is 226 g/mol. The first-order valence-corrected chi connectivity index (χ1v) is 6.70. The van der Waals surface area contributed by atoms with Crippen LogP contribution in [0.5, 0.6) is 0 Å². The Morgan fingerprint density at radius 1 is 1.11 bits per heavy atom. The first-order chi connectivity index (χ1) is 8.87. The lowest BCUT2D eigenvalue weighted by Crippen LogP contribution is -2.56. The second-order valence-electron chi connectivity index (χ2n) is 4.96. The second kappa shape index (κ2) is 6.88. The van der Waals surface area contributed by atoms with Crippen LogP contribution in [0.25, 0.3) is 0 Å². The Kier molecular flexibility index (Phi) is 5.17. The molecule has 0 amide bonds. The fourth-order valence-corrected chi connectivity index (χ4v) is 2.50. The Balaban J connectivity index is 1.76. The standard InChI is InChI=1S/C15H23NO2/c1-17-10-11-18-9-5-8-15(12-16-13-15)14-6-3-2-4-7-14/h2-4,6-7,16H,5,8-13H2,1H3. The summed E-state index contributed by atoms with van der Waals surface area (Å²) in [6, 6.07) is 10.8. The van der Waals surface area contributed by atoms with E-state index in [1.807, 2.05) is 0 Å². The van der Waals surface area contributed by atoms with Crippen LogP contribution in [-0.4, -0.2) is 40.0 Å². The third-order valence-electron chi connectivity index (χ3n) is 3.69. The first kappa shape index (κ1) is 13.5. The molecule has 0 aliphatic carbocycles. The summed E-state index contributed by atoms with van der Waals surface area (Å²) in [5, 5.41) is 3.40. The van der Waals surface area contributed by atoms with Crippen LogP contribution in [0.2, 0.25) is 0 Å². The maximum atomic E-state index is 5.53. The van der Waals surface area contributed by atoms with Crippen LogP contribution >= 0.6 is 0 Å². The number of nitrogens with one attached hydrogen (secondary N) is 1. The molecule has 1 aromatic rings. The molecule has 0 aromatic heterocycles. The van der Waals surface area contributed by atoms with Gasteiger partial charge in [-0.05, 0) is 18.4 Å². The molecule has 3 heteroatoms. The molecule has 0 spiro atoms. The third kappa shape index (κ3) is 3.31. The van der Waals surface area contributed by atoms with Gasteiger partial charge in [-0.1, -0.05) is 30.3 Å². The minimum atomic E-state index is 0.339. The fourth-order valence-electron chi connectivity index (χ4n) is 2.50. The van der Waals surface area contributed by atoms with E-state index < -0.39 is 0 Å². The van der Waals surface area contributed by atoms with Gasteiger partial charge in [0.1, 0.15) is 0 Å². The highest BCUT2D eigenvalue weighted by molar-refractivity contribution is 5.29. The van der Waals surface area contributed by atoms with Gasteiger partial charge in [-0.3, -0.25) is 0 Å². The van der Waals surface area contributed by atoms with E-state index in [2.05, 4.69) is 35.6 Å². The molecule has 3 nitrogen and oxygen atoms in total. The molecule has 1 aromatic carbocycles. The van der Waals surface area contributed by atoms with Crippen molar-refractivity contribution in [2.24, 2.45) is 0 Å². The number of benzene rings is 1. The Morgan fingerprint density at radius 3 is 2.50 bits per heavy atom. The molecule has 0 bridgehead atoms. The number of hydrogen-bond donors (Lipinski definition) is 1. The molecule has 1 aliphatic rings. The zero-order valence-corrected chi connectivity index (χ0v) is 11.2. The molecular formula is C15H23NO2. The topological polar surface area (TPSA) is 30.5 Å². The van der Waals surface area contributed by atoms with Gasteiger partial charge in [0.25, 0.3) is 0 Å². The maximum absolute atomic E-state index is 5.53. The minimum Gasteiger partial charge on any atom is -0.382 e. The lowest BCUT2D eigenvalue weighted by molar-refractivity contribution is 0.0644. The normalized spacial score (nSPS) is 17.4. The lowest BCUT2D eigenvalue weighted by atomic mass is 9.72. The third-order valence-corrected chi connectivity index (χ3v) is 3.69. The quantitative estimate of drug-likeness (QED) is 0.715. The molecule has 0 saturated carbocycles. The van der Waals surface area contributed by atoms with Crippen molar-refractivity contribution in [2.45, 2.75) is 18.3 Å². The molecule has 1 N–H and O–H groups in total. The van der Waals surface area contributed by atoms with Gasteiger partial charge in [0.15, 0.2) is 0 Å². The van der Waals surface area contributed by atoms with Gasteiger partial charge in [0.05, 0.1) is 13.2 Å². The maximum Gasteiger partial charge on any atom is 0.0700 e. The van der Waals surface area contributed by atoms with E-state index in [0.717, 1.165) is 26.1 Å². The predicted octanol–water partition coefficient (Wildman–Crippen LogP) is 1.97. The van der Waals surface area contributed by atoms with E-state index in [9.17, 15) is 0 Å². The van der Waals surface area contributed by atoms with Crippen molar-refractivity contribution in [1.29, 1.82) is 0 Å². The van der Waals surface area contributed by atoms with Crippen LogP contribution < -0.4 is 5.32 Å². The minimum absolute atomic E-state index is 0.339. The summed E-state index contributed by atoms with van der Waals surface area (Å²) in [5.41, 5.74) is 1.80. The molecule has 0 atom stereocenters. The molecule has 0 radical (unpaired) electrons. The van der Waals surface area contributed by atoms with Crippen LogP contribution in [0.3, 0.4) is 0 Å². The van der Waals surface area contributed by atoms with E-state index in [0.29, 0.717) is 18.6 Å². The van der Waals surface area contributed by atoms with E-state index in [4.69, 9.17) is 9.47 Å². The molecule has 1 heterocycles. The predicted molar refractivity (Wildman–Crippen MR) is 72.9 cm³/mol. The highest BCUT2D eigenvalue weighted by Crippen LogP contribution is 2.33. The molecule has 1 fully saturated rings. The van der Waals surface area contributed by atoms with Crippen molar-refractivity contribution in [1.82, 2.24) is 5.32 Å². The van der Waals surface area contributed by atoms with Crippen LogP contribution in [0, 0.1) is 0 Å². The molecule has 100 valence electrons. The molecule has 0 unspecified atom stereocenters. The summed E-state index contributed by atoms with van der Waals surface area (Å²) in [7, 11) is 1.70. The number of methoxy groups -OCH3 is 1. The van der Waals surface area contributed by atoms with Crippen molar-refractivity contribution >= 4 is 0 Å². The largest absolute Gasteiger partial charge is 0.382 e. The van der Waals surface area contributed by atoms with Gasteiger partial charge in [-0.2, -0.15) is 0 Å². The van der Waals surface area contributed by atoms with E-state index in [-0.39, 0.29) is 0 Å². The molecule has 18 heavy (non-hydrogen) atoms. The van der Waals surface area contributed by atoms with Crippen molar-refractivity contribution in [3.63, 3.8) is 0 Å². The van der Waals surface area contributed by atoms with Gasteiger partial charge < -0.3 is 14.8 Å². The summed E-state index contributed by atoms with van der Waals surface area (Å²) in [6.45, 7) is 4.40. The van der Waals surface area contributed by atoms with Crippen molar-refractivity contribution in [3.05, 3.63) is 35.9 Å². The summed E-state index contributed by atoms with van der Waals surface area (Å²) < 4.78 is 10.5. The monoisotopic (exact) mass is 249 g/mol. The zero-order chi connectivity index (χ0) is 12.7. The summed E-state index contributed by atoms with van der Waals surface area (Å²) in [4.78, 5) is 0. The average Bonchev–Trinajstić information content (AvgIpc) is 2.37. The Morgan fingerprint density at radius 2 is 1.89 bits per heavy atom. The van der Waals surface area contributed by atoms with Crippen LogP contribution in [0.4, 0.5) is 0 Å². The van der Waals surface area contributed by atoms with Crippen LogP contribution in [-0.2, 0) is 14.9 Å². The van der Waals surface area contributed by atoms with Gasteiger partial charge in [0.2, 0.25) is 0 Å². The van der Waals surface area contributed by atoms with Crippen molar-refractivity contribution in [3.8, 4) is 0 Å². The molecule has 2 rings (SSSR count). The second-order valence-corrected chi connectivity index (χ2v) is 4.96. The Hall–Kier alpha value is -0.900. The van der Waals surface area contributed by atoms with E-state index in [1.165, 1.54) is 12.0 Å². The van der Waals surface area contributed by atoms with Crippen LogP contribution in [0.15, 0.2) is 30.3 Å². The summed E-state index contributed by atoms with van der Waals surface area (Å²) in [5.74, 6) is 0. The van der Waals surface area contributed by atoms with E-state index in [1.54, 1.807) is 7.11 Å². The number of ether oxygens (including phenoxy) is 2. The fraction of sp³-hybridized carbons (Fsp3) is 0.600. The van der Waals surface area contributed by atoms with Crippen molar-refractivity contribution in [2.75, 3.05) is 40.0 Å². The Labute approximate surface area is 109 Å². The molecule has 1 aliphatic heterocycles. The first-order valence-electron chi connectivity index (χ1n) is 6.70. The van der Waals surface area contributed by atoms with Gasteiger partial charge in [-0.25, -0.2) is 0 Å². The SMILES string of the molecule is COCCOCCCC1(c2ccccc2)CNC1. The smallest absolute Gasteiger partial charge is 0.0700 e. The average molecular weight is 249 g/mol. The Bertz CT molecular complexity index is 336. The van der Waals surface area contributed by atoms with Crippen LogP contribution in [0.1, 0.15) is 18.4 Å². The molecule has 1 saturated heterocycles. The number of rotatable bonds is 8. The summed E-state index contributed by atoms with van der Waals surface area (Å²) >= 11 is 0. The van der Waals surface area contributed by atoms with Gasteiger partial charge >= 0.3 is 0 Å². The van der Waals surface area contributed by atoms with Crippen molar-refractivity contribution < 1.29 is 9.47 Å². The van der Waals surface area contributed by atoms with E-state index >= 15 is 0 Å². The van der Waals surface area contributed by atoms with Gasteiger partial charge in [-0.15, -0.1) is 0 Å². The summed E-state index contributed by atoms with van der Waals surface area (Å²) in [6.07, 6.45) is 2.30. The zero-order valence-electron chi connectivity index (χ0n) is 11.2. The van der Waals surface area contributed by atoms with Gasteiger partial charge in [0, 0.05) is 32.2 Å². The highest BCUT2D eigenvalue weighted by atomic mass is 16.5. The number of hydrogen-bond acceptors (Lipinski definition) is 3. The highest BCUT2D eigenvalue weighted by Gasteiger charge is 2.37. The lowest BCUT2D eigenvalue weighted by Gasteiger charge is -2.43.